The molecule has 0 aliphatic carbocycles. The number of nitrogens with one attached hydrogen (secondary N) is 1. The number of nitriles is 1. The van der Waals surface area contributed by atoms with Crippen LogP contribution in [0.1, 0.15) is 11.1 Å². The Kier molecular flexibility index (Phi) is 3.74. The molecule has 1 amide bonds. The number of likely N-dealkylation sites (N-methyl/N-ethyl adjacent to an activating group) is 1. The molecule has 0 fully saturated rings. The van der Waals surface area contributed by atoms with Crippen LogP contribution in [0.5, 0.6) is 0 Å². The minimum absolute atomic E-state index is 0.201. The zero-order chi connectivity index (χ0) is 13.7. The molecule has 1 aromatic heterocycles. The lowest BCUT2D eigenvalue weighted by Gasteiger charge is -2.08. The third-order valence-electron chi connectivity index (χ3n) is 2.61. The van der Waals surface area contributed by atoms with Gasteiger partial charge >= 0.3 is 0 Å². The predicted octanol–water partition coefficient (Wildman–Crippen LogP) is 1.39. The Hall–Kier alpha value is -2.87. The molecule has 94 valence electrons. The van der Waals surface area contributed by atoms with Crippen LogP contribution in [0, 0.1) is 11.3 Å². The van der Waals surface area contributed by atoms with Crippen LogP contribution in [-0.4, -0.2) is 22.5 Å². The molecule has 0 aliphatic rings. The summed E-state index contributed by atoms with van der Waals surface area (Å²) in [6.45, 7) is 0. The fourth-order valence-electron chi connectivity index (χ4n) is 1.62. The SMILES string of the molecule is CNC(=O)C=C(c1ccc(C#N)cc1)n1ccnc1. The molecule has 2 aromatic rings. The molecule has 1 heterocycles. The molecule has 0 spiro atoms. The van der Waals surface area contributed by atoms with Gasteiger partial charge in [0.25, 0.3) is 0 Å². The van der Waals surface area contributed by atoms with Gasteiger partial charge in [-0.3, -0.25) is 4.79 Å². The Morgan fingerprint density at radius 3 is 2.68 bits per heavy atom. The molecule has 0 atom stereocenters. The Morgan fingerprint density at radius 2 is 2.16 bits per heavy atom. The van der Waals surface area contributed by atoms with E-state index in [0.29, 0.717) is 11.3 Å². The molecule has 0 saturated carbocycles. The van der Waals surface area contributed by atoms with E-state index in [1.165, 1.54) is 6.08 Å². The first-order chi connectivity index (χ1) is 9.24. The topological polar surface area (TPSA) is 70.7 Å². The molecule has 5 nitrogen and oxygen atoms in total. The smallest absolute Gasteiger partial charge is 0.245 e. The Labute approximate surface area is 110 Å². The van der Waals surface area contributed by atoms with E-state index in [1.807, 2.05) is 0 Å². The van der Waals surface area contributed by atoms with E-state index in [-0.39, 0.29) is 5.91 Å². The number of amides is 1. The Balaban J connectivity index is 2.46. The Bertz CT molecular complexity index is 633. The fraction of sp³-hybridized carbons (Fsp3) is 0.0714. The number of nitrogens with zero attached hydrogens (tertiary/aromatic N) is 3. The van der Waals surface area contributed by atoms with E-state index in [4.69, 9.17) is 5.26 Å². The molecule has 0 radical (unpaired) electrons. The molecule has 0 unspecified atom stereocenters. The highest BCUT2D eigenvalue weighted by atomic mass is 16.1. The van der Waals surface area contributed by atoms with Crippen molar-refractivity contribution in [3.63, 3.8) is 0 Å². The quantitative estimate of drug-likeness (QED) is 0.839. The van der Waals surface area contributed by atoms with Crippen LogP contribution in [0.4, 0.5) is 0 Å². The summed E-state index contributed by atoms with van der Waals surface area (Å²) in [5, 5.41) is 11.3. The molecule has 0 bridgehead atoms. The maximum absolute atomic E-state index is 11.5. The summed E-state index contributed by atoms with van der Waals surface area (Å²) in [7, 11) is 1.57. The van der Waals surface area contributed by atoms with E-state index < -0.39 is 0 Å². The van der Waals surface area contributed by atoms with Crippen molar-refractivity contribution in [2.45, 2.75) is 0 Å². The highest BCUT2D eigenvalue weighted by Gasteiger charge is 2.06. The third-order valence-corrected chi connectivity index (χ3v) is 2.61. The highest BCUT2D eigenvalue weighted by Crippen LogP contribution is 2.17. The van der Waals surface area contributed by atoms with Gasteiger partial charge < -0.3 is 9.88 Å². The summed E-state index contributed by atoms with van der Waals surface area (Å²) in [4.78, 5) is 15.5. The van der Waals surface area contributed by atoms with Crippen molar-refractivity contribution in [2.24, 2.45) is 0 Å². The van der Waals surface area contributed by atoms with E-state index in [9.17, 15) is 4.79 Å². The zero-order valence-corrected chi connectivity index (χ0v) is 10.4. The molecular weight excluding hydrogens is 240 g/mol. The zero-order valence-electron chi connectivity index (χ0n) is 10.4. The van der Waals surface area contributed by atoms with Crippen LogP contribution in [0.25, 0.3) is 5.70 Å². The normalized spacial score (nSPS) is 10.8. The second kappa shape index (κ2) is 5.65. The van der Waals surface area contributed by atoms with Gasteiger partial charge in [0.05, 0.1) is 23.7 Å². The second-order valence-corrected chi connectivity index (χ2v) is 3.80. The number of hydrogen-bond donors (Lipinski definition) is 1. The lowest BCUT2D eigenvalue weighted by atomic mass is 10.1. The minimum atomic E-state index is -0.201. The van der Waals surface area contributed by atoms with Gasteiger partial charge in [-0.25, -0.2) is 4.98 Å². The first-order valence-corrected chi connectivity index (χ1v) is 5.67. The number of hydrogen-bond acceptors (Lipinski definition) is 3. The van der Waals surface area contributed by atoms with Crippen LogP contribution in [-0.2, 0) is 4.79 Å². The van der Waals surface area contributed by atoms with Gasteiger partial charge in [-0.1, -0.05) is 12.1 Å². The summed E-state index contributed by atoms with van der Waals surface area (Å²) in [6.07, 6.45) is 6.50. The van der Waals surface area contributed by atoms with Gasteiger partial charge in [-0.15, -0.1) is 0 Å². The van der Waals surface area contributed by atoms with Gasteiger partial charge in [0.2, 0.25) is 5.91 Å². The van der Waals surface area contributed by atoms with Crippen molar-refractivity contribution < 1.29 is 4.79 Å². The summed E-state index contributed by atoms with van der Waals surface area (Å²) < 4.78 is 1.75. The van der Waals surface area contributed by atoms with E-state index >= 15 is 0 Å². The molecule has 2 rings (SSSR count). The summed E-state index contributed by atoms with van der Waals surface area (Å²) >= 11 is 0. The lowest BCUT2D eigenvalue weighted by molar-refractivity contribution is -0.116. The van der Waals surface area contributed by atoms with E-state index in [0.717, 1.165) is 5.56 Å². The van der Waals surface area contributed by atoms with Crippen molar-refractivity contribution in [3.8, 4) is 6.07 Å². The van der Waals surface area contributed by atoms with E-state index in [1.54, 1.807) is 54.6 Å². The second-order valence-electron chi connectivity index (χ2n) is 3.80. The molecule has 0 saturated heterocycles. The number of aromatic nitrogens is 2. The molecule has 1 N–H and O–H groups in total. The van der Waals surface area contributed by atoms with Crippen LogP contribution < -0.4 is 5.32 Å². The monoisotopic (exact) mass is 252 g/mol. The largest absolute Gasteiger partial charge is 0.356 e. The van der Waals surface area contributed by atoms with Crippen LogP contribution in [0.2, 0.25) is 0 Å². The first-order valence-electron chi connectivity index (χ1n) is 5.67. The molecule has 0 aliphatic heterocycles. The maximum Gasteiger partial charge on any atom is 0.245 e. The van der Waals surface area contributed by atoms with Gasteiger partial charge in [-0.2, -0.15) is 5.26 Å². The van der Waals surface area contributed by atoms with Crippen molar-refractivity contribution >= 4 is 11.6 Å². The van der Waals surface area contributed by atoms with Crippen molar-refractivity contribution in [2.75, 3.05) is 7.05 Å². The van der Waals surface area contributed by atoms with Gasteiger partial charge in [0, 0.05) is 25.5 Å². The summed E-state index contributed by atoms with van der Waals surface area (Å²) in [5.74, 6) is -0.201. The number of rotatable bonds is 3. The van der Waals surface area contributed by atoms with Gasteiger partial charge in [-0.05, 0) is 17.7 Å². The lowest BCUT2D eigenvalue weighted by Crippen LogP contribution is -2.16. The van der Waals surface area contributed by atoms with Crippen molar-refractivity contribution in [1.82, 2.24) is 14.9 Å². The van der Waals surface area contributed by atoms with Crippen molar-refractivity contribution in [3.05, 3.63) is 60.2 Å². The molecular formula is C14H12N4O. The molecule has 1 aromatic carbocycles. The Morgan fingerprint density at radius 1 is 1.42 bits per heavy atom. The van der Waals surface area contributed by atoms with Gasteiger partial charge in [0.1, 0.15) is 0 Å². The average Bonchev–Trinajstić information content (AvgIpc) is 2.98. The van der Waals surface area contributed by atoms with Crippen LogP contribution in [0.15, 0.2) is 49.1 Å². The summed E-state index contributed by atoms with van der Waals surface area (Å²) in [5.41, 5.74) is 2.11. The van der Waals surface area contributed by atoms with E-state index in [2.05, 4.69) is 16.4 Å². The fourth-order valence-corrected chi connectivity index (χ4v) is 1.62. The first kappa shape index (κ1) is 12.6. The van der Waals surface area contributed by atoms with Crippen LogP contribution >= 0.6 is 0 Å². The number of imidazole rings is 1. The van der Waals surface area contributed by atoms with Gasteiger partial charge in [0.15, 0.2) is 0 Å². The molecule has 5 heteroatoms. The average molecular weight is 252 g/mol. The summed E-state index contributed by atoms with van der Waals surface area (Å²) in [6, 6.07) is 9.08. The van der Waals surface area contributed by atoms with Crippen LogP contribution in [0.3, 0.4) is 0 Å². The third kappa shape index (κ3) is 2.87. The number of benzene rings is 1. The highest BCUT2D eigenvalue weighted by molar-refractivity contribution is 5.95. The standard InChI is InChI=1S/C14H12N4O/c1-16-14(19)8-13(18-7-6-17-10-18)12-4-2-11(9-15)3-5-12/h2-8,10H,1H3,(H,16,19). The van der Waals surface area contributed by atoms with Crippen molar-refractivity contribution in [1.29, 1.82) is 5.26 Å². The molecule has 19 heavy (non-hydrogen) atoms. The minimum Gasteiger partial charge on any atom is -0.356 e. The number of carbonyl (C=O) groups is 1. The predicted molar refractivity (Wildman–Crippen MR) is 70.8 cm³/mol. The maximum atomic E-state index is 11.5. The number of carbonyl (C=O) groups excluding carboxylic acids is 1.